The number of carbonyl (C=O) groups is 1. The predicted molar refractivity (Wildman–Crippen MR) is 67.5 cm³/mol. The van der Waals surface area contributed by atoms with Crippen LogP contribution in [0.3, 0.4) is 0 Å². The van der Waals surface area contributed by atoms with Gasteiger partial charge in [-0.05, 0) is 31.0 Å². The molecule has 0 aliphatic carbocycles. The molecule has 0 aromatic heterocycles. The number of benzene rings is 1. The lowest BCUT2D eigenvalue weighted by Gasteiger charge is -2.14. The fraction of sp³-hybridized carbons (Fsp3) is 0.429. The molecule has 0 bridgehead atoms. The van der Waals surface area contributed by atoms with Crippen molar-refractivity contribution in [1.29, 1.82) is 5.26 Å². The Morgan fingerprint density at radius 1 is 1.40 bits per heavy atom. The van der Waals surface area contributed by atoms with Gasteiger partial charge in [0.1, 0.15) is 5.75 Å². The van der Waals surface area contributed by atoms with E-state index in [0.717, 1.165) is 0 Å². The van der Waals surface area contributed by atoms with E-state index in [-0.39, 0.29) is 24.3 Å². The summed E-state index contributed by atoms with van der Waals surface area (Å²) in [5.41, 5.74) is 1.17. The fourth-order valence-electron chi connectivity index (χ4n) is 1.84. The standard InChI is InChI=1S/C14H15F2NO3/c1-3-10-5-9(8-17)6-12(20-14(15)16)11(10)7-13(18)19-4-2/h5-6,14H,3-4,7H2,1-2H3. The number of hydrogen-bond acceptors (Lipinski definition) is 4. The third kappa shape index (κ3) is 4.19. The van der Waals surface area contributed by atoms with Gasteiger partial charge >= 0.3 is 12.6 Å². The highest BCUT2D eigenvalue weighted by Gasteiger charge is 2.18. The van der Waals surface area contributed by atoms with Crippen LogP contribution >= 0.6 is 0 Å². The minimum absolute atomic E-state index is 0.149. The molecule has 0 aliphatic heterocycles. The quantitative estimate of drug-likeness (QED) is 0.753. The predicted octanol–water partition coefficient (Wildman–Crippen LogP) is 2.83. The zero-order valence-electron chi connectivity index (χ0n) is 11.3. The molecule has 1 aromatic rings. The first kappa shape index (κ1) is 15.9. The second-order valence-corrected chi connectivity index (χ2v) is 3.94. The Bertz CT molecular complexity index is 524. The maximum atomic E-state index is 12.4. The number of nitriles is 1. The summed E-state index contributed by atoms with van der Waals surface area (Å²) in [6, 6.07) is 4.65. The van der Waals surface area contributed by atoms with Crippen LogP contribution in [0.1, 0.15) is 30.5 Å². The van der Waals surface area contributed by atoms with E-state index in [1.165, 1.54) is 6.07 Å². The van der Waals surface area contributed by atoms with Gasteiger partial charge in [0, 0.05) is 5.56 Å². The van der Waals surface area contributed by atoms with E-state index in [1.54, 1.807) is 19.9 Å². The molecule has 0 aliphatic rings. The number of halogens is 2. The van der Waals surface area contributed by atoms with Crippen molar-refractivity contribution in [2.75, 3.05) is 6.61 Å². The summed E-state index contributed by atoms with van der Waals surface area (Å²) in [6.07, 6.45) is 0.328. The molecule has 1 aromatic carbocycles. The summed E-state index contributed by atoms with van der Waals surface area (Å²) >= 11 is 0. The van der Waals surface area contributed by atoms with Crippen LogP contribution < -0.4 is 4.74 Å². The van der Waals surface area contributed by atoms with Crippen molar-refractivity contribution >= 4 is 5.97 Å². The van der Waals surface area contributed by atoms with E-state index in [2.05, 4.69) is 4.74 Å². The van der Waals surface area contributed by atoms with E-state index >= 15 is 0 Å². The molecule has 108 valence electrons. The number of carbonyl (C=O) groups excluding carboxylic acids is 1. The van der Waals surface area contributed by atoms with Crippen molar-refractivity contribution < 1.29 is 23.0 Å². The number of ether oxygens (including phenoxy) is 2. The molecule has 20 heavy (non-hydrogen) atoms. The highest BCUT2D eigenvalue weighted by molar-refractivity contribution is 5.74. The van der Waals surface area contributed by atoms with E-state index in [4.69, 9.17) is 10.00 Å². The Labute approximate surface area is 115 Å². The van der Waals surface area contributed by atoms with Gasteiger partial charge in [-0.2, -0.15) is 14.0 Å². The second kappa shape index (κ2) is 7.43. The van der Waals surface area contributed by atoms with Gasteiger partial charge in [-0.25, -0.2) is 0 Å². The second-order valence-electron chi connectivity index (χ2n) is 3.94. The van der Waals surface area contributed by atoms with E-state index in [1.807, 2.05) is 6.07 Å². The summed E-state index contributed by atoms with van der Waals surface area (Å²) in [6.45, 7) is 0.655. The average Bonchev–Trinajstić information content (AvgIpc) is 2.40. The number of hydrogen-bond donors (Lipinski definition) is 0. The molecular formula is C14H15F2NO3. The Balaban J connectivity index is 3.22. The summed E-state index contributed by atoms with van der Waals surface area (Å²) in [5.74, 6) is -0.671. The molecule has 0 amide bonds. The Kier molecular flexibility index (Phi) is 5.91. The van der Waals surface area contributed by atoms with Gasteiger partial charge in [-0.15, -0.1) is 0 Å². The van der Waals surface area contributed by atoms with Crippen molar-refractivity contribution in [3.8, 4) is 11.8 Å². The average molecular weight is 283 g/mol. The smallest absolute Gasteiger partial charge is 0.387 e. The van der Waals surface area contributed by atoms with Gasteiger partial charge in [0.25, 0.3) is 0 Å². The Morgan fingerprint density at radius 3 is 2.60 bits per heavy atom. The number of esters is 1. The summed E-state index contributed by atoms with van der Waals surface area (Å²) < 4.78 is 34.1. The Morgan fingerprint density at radius 2 is 2.10 bits per heavy atom. The maximum Gasteiger partial charge on any atom is 0.387 e. The molecule has 0 N–H and O–H groups in total. The van der Waals surface area contributed by atoms with E-state index < -0.39 is 12.6 Å². The van der Waals surface area contributed by atoms with E-state index in [0.29, 0.717) is 17.5 Å². The van der Waals surface area contributed by atoms with Crippen LogP contribution in [-0.2, 0) is 22.4 Å². The molecule has 0 atom stereocenters. The third-order valence-corrected chi connectivity index (χ3v) is 2.65. The highest BCUT2D eigenvalue weighted by Crippen LogP contribution is 2.27. The lowest BCUT2D eigenvalue weighted by atomic mass is 9.98. The minimum atomic E-state index is -3.02. The zero-order chi connectivity index (χ0) is 15.1. The van der Waals surface area contributed by atoms with Gasteiger partial charge in [-0.3, -0.25) is 4.79 Å². The largest absolute Gasteiger partial charge is 0.466 e. The van der Waals surface area contributed by atoms with Crippen LogP contribution in [0.15, 0.2) is 12.1 Å². The fourth-order valence-corrected chi connectivity index (χ4v) is 1.84. The van der Waals surface area contributed by atoms with Crippen molar-refractivity contribution in [2.45, 2.75) is 33.3 Å². The molecule has 6 heteroatoms. The summed E-state index contributed by atoms with van der Waals surface area (Å²) in [5, 5.41) is 8.89. The molecule has 0 spiro atoms. The first-order valence-corrected chi connectivity index (χ1v) is 6.18. The first-order chi connectivity index (χ1) is 9.51. The number of aryl methyl sites for hydroxylation is 1. The van der Waals surface area contributed by atoms with Crippen LogP contribution in [0.2, 0.25) is 0 Å². The van der Waals surface area contributed by atoms with Crippen molar-refractivity contribution in [2.24, 2.45) is 0 Å². The number of alkyl halides is 2. The van der Waals surface area contributed by atoms with Gasteiger partial charge in [0.05, 0.1) is 24.7 Å². The molecule has 0 saturated heterocycles. The molecule has 0 radical (unpaired) electrons. The normalized spacial score (nSPS) is 10.2. The Hall–Kier alpha value is -2.16. The molecule has 1 rings (SSSR count). The van der Waals surface area contributed by atoms with Crippen molar-refractivity contribution in [1.82, 2.24) is 0 Å². The monoisotopic (exact) mass is 283 g/mol. The topological polar surface area (TPSA) is 59.3 Å². The molecule has 4 nitrogen and oxygen atoms in total. The van der Waals surface area contributed by atoms with Gasteiger partial charge in [0.2, 0.25) is 0 Å². The SMILES string of the molecule is CCOC(=O)Cc1c(CC)cc(C#N)cc1OC(F)F. The maximum absolute atomic E-state index is 12.4. The van der Waals surface area contributed by atoms with Crippen molar-refractivity contribution in [3.63, 3.8) is 0 Å². The van der Waals surface area contributed by atoms with Crippen LogP contribution in [0, 0.1) is 11.3 Å². The van der Waals surface area contributed by atoms with Gasteiger partial charge in [-0.1, -0.05) is 6.92 Å². The lowest BCUT2D eigenvalue weighted by molar-refractivity contribution is -0.142. The molecule has 0 heterocycles. The molecule has 0 unspecified atom stereocenters. The lowest BCUT2D eigenvalue weighted by Crippen LogP contribution is -2.13. The number of nitrogens with zero attached hydrogens (tertiary/aromatic N) is 1. The van der Waals surface area contributed by atoms with Crippen molar-refractivity contribution in [3.05, 3.63) is 28.8 Å². The minimum Gasteiger partial charge on any atom is -0.466 e. The molecule has 0 saturated carbocycles. The zero-order valence-corrected chi connectivity index (χ0v) is 11.3. The molecule has 0 fully saturated rings. The number of rotatable bonds is 6. The molecular weight excluding hydrogens is 268 g/mol. The van der Waals surface area contributed by atoms with Gasteiger partial charge in [0.15, 0.2) is 0 Å². The van der Waals surface area contributed by atoms with Crippen LogP contribution in [0.5, 0.6) is 5.75 Å². The summed E-state index contributed by atoms with van der Waals surface area (Å²) in [4.78, 5) is 11.5. The summed E-state index contributed by atoms with van der Waals surface area (Å²) in [7, 11) is 0. The van der Waals surface area contributed by atoms with Gasteiger partial charge < -0.3 is 9.47 Å². The van der Waals surface area contributed by atoms with Crippen LogP contribution in [-0.4, -0.2) is 19.2 Å². The van der Waals surface area contributed by atoms with E-state index in [9.17, 15) is 13.6 Å². The van der Waals surface area contributed by atoms with Crippen LogP contribution in [0.4, 0.5) is 8.78 Å². The highest BCUT2D eigenvalue weighted by atomic mass is 19.3. The third-order valence-electron chi connectivity index (χ3n) is 2.65. The van der Waals surface area contributed by atoms with Crippen LogP contribution in [0.25, 0.3) is 0 Å². The first-order valence-electron chi connectivity index (χ1n) is 6.18.